The fourth-order valence-electron chi connectivity index (χ4n) is 1.72. The monoisotopic (exact) mass is 238 g/mol. The zero-order valence-corrected chi connectivity index (χ0v) is 11.6. The highest BCUT2D eigenvalue weighted by Crippen LogP contribution is 2.06. The van der Waals surface area contributed by atoms with Crippen LogP contribution < -0.4 is 16.9 Å². The zero-order valence-electron chi connectivity index (χ0n) is 10.1. The molecular formula is C14H14MgO2. The molecule has 17 heavy (non-hydrogen) atoms. The quantitative estimate of drug-likeness (QED) is 0.749. The van der Waals surface area contributed by atoms with Crippen molar-refractivity contribution >= 4 is 27.8 Å². The third kappa shape index (κ3) is 3.38. The van der Waals surface area contributed by atoms with Crippen molar-refractivity contribution < 1.29 is 9.47 Å². The van der Waals surface area contributed by atoms with E-state index in [4.69, 9.17) is 9.47 Å². The van der Waals surface area contributed by atoms with Gasteiger partial charge in [-0.1, -0.05) is 24.3 Å². The van der Waals surface area contributed by atoms with Crippen LogP contribution in [0, 0.1) is 0 Å². The Labute approximate surface area is 111 Å². The minimum Gasteiger partial charge on any atom is -0.497 e. The maximum absolute atomic E-state index is 5.15. The molecule has 0 fully saturated rings. The van der Waals surface area contributed by atoms with Crippen molar-refractivity contribution in [3.63, 3.8) is 0 Å². The summed E-state index contributed by atoms with van der Waals surface area (Å²) in [7, 11) is 3.38. The molecule has 0 aromatic heterocycles. The van der Waals surface area contributed by atoms with Gasteiger partial charge in [-0.15, -0.1) is 0 Å². The van der Waals surface area contributed by atoms with Crippen LogP contribution in [0.2, 0.25) is 0 Å². The molecule has 2 nitrogen and oxygen atoms in total. The van der Waals surface area contributed by atoms with Gasteiger partial charge < -0.3 is 9.47 Å². The Morgan fingerprint density at radius 1 is 0.647 bits per heavy atom. The van der Waals surface area contributed by atoms with Gasteiger partial charge in [0.2, 0.25) is 0 Å². The summed E-state index contributed by atoms with van der Waals surface area (Å²) >= 11 is -0.393. The van der Waals surface area contributed by atoms with Crippen molar-refractivity contribution in [1.29, 1.82) is 0 Å². The second kappa shape index (κ2) is 5.94. The van der Waals surface area contributed by atoms with Crippen molar-refractivity contribution in [1.82, 2.24) is 0 Å². The largest absolute Gasteiger partial charge is 0.497 e. The maximum Gasteiger partial charge on any atom is 0.450 e. The lowest BCUT2D eigenvalue weighted by Gasteiger charge is -2.04. The third-order valence-electron chi connectivity index (χ3n) is 2.73. The molecule has 2 aromatic carbocycles. The molecule has 2 rings (SSSR count). The van der Waals surface area contributed by atoms with Gasteiger partial charge in [-0.3, -0.25) is 0 Å². The van der Waals surface area contributed by atoms with Crippen LogP contribution in [0.4, 0.5) is 0 Å². The molecule has 0 saturated carbocycles. The van der Waals surface area contributed by atoms with E-state index in [9.17, 15) is 0 Å². The standard InChI is InChI=1S/2C7H7O.Mg/c2*1-8-7-5-3-2-4-6-7;/h2*3-6H,1H3;. The first-order valence-corrected chi connectivity index (χ1v) is 6.99. The molecule has 0 aliphatic carbocycles. The Morgan fingerprint density at radius 2 is 1.00 bits per heavy atom. The van der Waals surface area contributed by atoms with Crippen LogP contribution in [0.1, 0.15) is 0 Å². The van der Waals surface area contributed by atoms with Gasteiger partial charge in [0.1, 0.15) is 11.5 Å². The Balaban J connectivity index is 2.08. The topological polar surface area (TPSA) is 18.5 Å². The summed E-state index contributed by atoms with van der Waals surface area (Å²) in [6, 6.07) is 16.7. The number of hydrogen-bond donors (Lipinski definition) is 0. The molecule has 0 aliphatic heterocycles. The minimum absolute atomic E-state index is 0.393. The van der Waals surface area contributed by atoms with Crippen LogP contribution in [-0.4, -0.2) is 34.6 Å². The van der Waals surface area contributed by atoms with Crippen LogP contribution in [0.5, 0.6) is 11.5 Å². The predicted molar refractivity (Wildman–Crippen MR) is 71.0 cm³/mol. The van der Waals surface area contributed by atoms with E-state index in [1.54, 1.807) is 14.2 Å². The van der Waals surface area contributed by atoms with E-state index in [0.29, 0.717) is 0 Å². The van der Waals surface area contributed by atoms with Crippen LogP contribution in [0.3, 0.4) is 0 Å². The summed E-state index contributed by atoms with van der Waals surface area (Å²) in [5, 5.41) is 0. The minimum atomic E-state index is -0.393. The van der Waals surface area contributed by atoms with Gasteiger partial charge in [-0.25, -0.2) is 0 Å². The second-order valence-electron chi connectivity index (χ2n) is 3.87. The van der Waals surface area contributed by atoms with E-state index in [1.807, 2.05) is 24.3 Å². The molecule has 0 bridgehead atoms. The molecule has 0 aliphatic rings. The first kappa shape index (κ1) is 12.3. The van der Waals surface area contributed by atoms with Gasteiger partial charge in [0.15, 0.2) is 0 Å². The van der Waals surface area contributed by atoms with Crippen molar-refractivity contribution in [2.45, 2.75) is 0 Å². The molecular weight excluding hydrogens is 224 g/mol. The molecule has 0 radical (unpaired) electrons. The van der Waals surface area contributed by atoms with Crippen molar-refractivity contribution in [2.75, 3.05) is 14.2 Å². The maximum atomic E-state index is 5.15. The van der Waals surface area contributed by atoms with Crippen molar-refractivity contribution in [3.8, 4) is 11.5 Å². The van der Waals surface area contributed by atoms with Crippen LogP contribution >= 0.6 is 0 Å². The molecule has 0 saturated heterocycles. The van der Waals surface area contributed by atoms with Gasteiger partial charge in [0, 0.05) is 0 Å². The summed E-state index contributed by atoms with van der Waals surface area (Å²) < 4.78 is 13.1. The van der Waals surface area contributed by atoms with Crippen molar-refractivity contribution in [2.24, 2.45) is 0 Å². The molecule has 84 valence electrons. The normalized spacial score (nSPS) is 9.53. The lowest BCUT2D eigenvalue weighted by molar-refractivity contribution is 0.415. The number of rotatable bonds is 4. The first-order chi connectivity index (χ1) is 8.31. The van der Waals surface area contributed by atoms with E-state index >= 15 is 0 Å². The summed E-state index contributed by atoms with van der Waals surface area (Å²) in [4.78, 5) is 0. The number of ether oxygens (including phenoxy) is 2. The van der Waals surface area contributed by atoms with E-state index in [1.165, 1.54) is 7.39 Å². The van der Waals surface area contributed by atoms with Gasteiger partial charge >= 0.3 is 20.4 Å². The zero-order chi connectivity index (χ0) is 12.1. The highest BCUT2D eigenvalue weighted by molar-refractivity contribution is 6.67. The number of hydrogen-bond acceptors (Lipinski definition) is 2. The Morgan fingerprint density at radius 3 is 1.29 bits per heavy atom. The Bertz CT molecular complexity index is 417. The van der Waals surface area contributed by atoms with Gasteiger partial charge in [0.05, 0.1) is 14.2 Å². The van der Waals surface area contributed by atoms with Crippen LogP contribution in [0.15, 0.2) is 48.5 Å². The summed E-state index contributed by atoms with van der Waals surface area (Å²) in [6.07, 6.45) is 0. The highest BCUT2D eigenvalue weighted by atomic mass is 24.5. The smallest absolute Gasteiger partial charge is 0.450 e. The summed E-state index contributed by atoms with van der Waals surface area (Å²) in [5.41, 5.74) is 0. The van der Waals surface area contributed by atoms with Gasteiger partial charge in [-0.2, -0.15) is 7.39 Å². The molecule has 2 aromatic rings. The van der Waals surface area contributed by atoms with Gasteiger partial charge in [-0.05, 0) is 24.3 Å². The second-order valence-corrected chi connectivity index (χ2v) is 5.86. The third-order valence-corrected chi connectivity index (χ3v) is 4.49. The van der Waals surface area contributed by atoms with E-state index in [-0.39, 0.29) is 0 Å². The lowest BCUT2D eigenvalue weighted by Crippen LogP contribution is -2.26. The Hall–Kier alpha value is -1.19. The molecule has 0 heterocycles. The highest BCUT2D eigenvalue weighted by Gasteiger charge is 2.02. The predicted octanol–water partition coefficient (Wildman–Crippen LogP) is 1.36. The first-order valence-electron chi connectivity index (χ1n) is 5.57. The fourth-order valence-corrected chi connectivity index (χ4v) is 3.14. The Kier molecular flexibility index (Phi) is 4.28. The molecule has 0 unspecified atom stereocenters. The molecule has 0 spiro atoms. The molecule has 0 N–H and O–H groups in total. The SMILES string of the molecule is COc1cc[c]([Mg][c]2ccc(OC)cc2)cc1. The van der Waals surface area contributed by atoms with Gasteiger partial charge in [0.25, 0.3) is 0 Å². The van der Waals surface area contributed by atoms with Crippen molar-refractivity contribution in [3.05, 3.63) is 48.5 Å². The summed E-state index contributed by atoms with van der Waals surface area (Å²) in [5.74, 6) is 1.83. The molecule has 3 heteroatoms. The fraction of sp³-hybridized carbons (Fsp3) is 0.143. The average molecular weight is 239 g/mol. The van der Waals surface area contributed by atoms with Crippen LogP contribution in [0.25, 0.3) is 0 Å². The summed E-state index contributed by atoms with van der Waals surface area (Å²) in [6.45, 7) is 0. The molecule has 0 atom stereocenters. The van der Waals surface area contributed by atoms with E-state index in [0.717, 1.165) is 11.5 Å². The number of methoxy groups -OCH3 is 2. The average Bonchev–Trinajstić information content (AvgIpc) is 2.40. The van der Waals surface area contributed by atoms with E-state index in [2.05, 4.69) is 24.3 Å². The lowest BCUT2D eigenvalue weighted by atomic mass is 10.3. The van der Waals surface area contributed by atoms with E-state index < -0.39 is 20.4 Å². The number of benzene rings is 2. The molecule has 0 amide bonds. The van der Waals surface area contributed by atoms with Crippen LogP contribution in [-0.2, 0) is 0 Å².